The maximum absolute atomic E-state index is 9.27. The van der Waals surface area contributed by atoms with Gasteiger partial charge in [-0.1, -0.05) is 23.5 Å². The Morgan fingerprint density at radius 2 is 2.00 bits per heavy atom. The molecular weight excluding hydrogens is 219 g/mol. The van der Waals surface area contributed by atoms with Gasteiger partial charge < -0.3 is 15.2 Å². The molecule has 0 spiro atoms. The summed E-state index contributed by atoms with van der Waals surface area (Å²) in [6, 6.07) is 4.93. The Labute approximate surface area is 90.2 Å². The second-order valence-electron chi connectivity index (χ2n) is 2.88. The van der Waals surface area contributed by atoms with Gasteiger partial charge in [-0.25, -0.2) is 0 Å². The third kappa shape index (κ3) is 1.50. The lowest BCUT2D eigenvalue weighted by Gasteiger charge is -2.03. The lowest BCUT2D eigenvalue weighted by molar-refractivity contribution is 0.425. The highest BCUT2D eigenvalue weighted by Gasteiger charge is 2.17. The number of hydrogen-bond acceptors (Lipinski definition) is 5. The molecule has 2 rings (SSSR count). The van der Waals surface area contributed by atoms with Crippen molar-refractivity contribution in [2.75, 3.05) is 0 Å². The predicted octanol–water partition coefficient (Wildman–Crippen LogP) is 0.575. The van der Waals surface area contributed by atoms with Crippen LogP contribution in [0.3, 0.4) is 0 Å². The SMILES string of the molecule is OB(O)c1ccc2cc(O)sc2c1S. The van der Waals surface area contributed by atoms with Gasteiger partial charge in [0.15, 0.2) is 5.06 Å². The third-order valence-electron chi connectivity index (χ3n) is 1.96. The van der Waals surface area contributed by atoms with Gasteiger partial charge in [0.2, 0.25) is 0 Å². The first-order chi connectivity index (χ1) is 6.59. The van der Waals surface area contributed by atoms with Crippen LogP contribution >= 0.6 is 24.0 Å². The Kier molecular flexibility index (Phi) is 2.44. The summed E-state index contributed by atoms with van der Waals surface area (Å²) in [4.78, 5) is 0.503. The van der Waals surface area contributed by atoms with E-state index >= 15 is 0 Å². The number of aromatic hydroxyl groups is 1. The Bertz CT molecular complexity index is 481. The topological polar surface area (TPSA) is 60.7 Å². The van der Waals surface area contributed by atoms with Gasteiger partial charge in [-0.3, -0.25) is 0 Å². The summed E-state index contributed by atoms with van der Waals surface area (Å²) >= 11 is 5.36. The van der Waals surface area contributed by atoms with Crippen molar-refractivity contribution in [2.45, 2.75) is 4.90 Å². The summed E-state index contributed by atoms with van der Waals surface area (Å²) in [5.74, 6) is 0. The fourth-order valence-electron chi connectivity index (χ4n) is 1.30. The molecule has 0 fully saturated rings. The number of fused-ring (bicyclic) bond motifs is 1. The minimum absolute atomic E-state index is 0.194. The molecule has 0 saturated heterocycles. The standard InChI is InChI=1S/C8H7BO3S2/c10-6-3-4-1-2-5(9(11)12)7(13)8(4)14-6/h1-3,10-13H. The molecule has 0 saturated carbocycles. The number of benzene rings is 1. The van der Waals surface area contributed by atoms with E-state index in [-0.39, 0.29) is 5.06 Å². The van der Waals surface area contributed by atoms with Crippen molar-refractivity contribution in [3.8, 4) is 5.06 Å². The van der Waals surface area contributed by atoms with Crippen molar-refractivity contribution < 1.29 is 15.2 Å². The van der Waals surface area contributed by atoms with Gasteiger partial charge in [-0.15, -0.1) is 12.6 Å². The van der Waals surface area contributed by atoms with Crippen LogP contribution in [-0.2, 0) is 0 Å². The van der Waals surface area contributed by atoms with E-state index in [0.29, 0.717) is 10.4 Å². The molecule has 0 radical (unpaired) electrons. The van der Waals surface area contributed by atoms with Gasteiger partial charge in [-0.2, -0.15) is 0 Å². The van der Waals surface area contributed by atoms with Gasteiger partial charge in [0.05, 0.1) is 4.70 Å². The van der Waals surface area contributed by atoms with E-state index < -0.39 is 7.12 Å². The number of thiophene rings is 1. The first-order valence-corrected chi connectivity index (χ1v) is 5.16. The largest absolute Gasteiger partial charge is 0.499 e. The predicted molar refractivity (Wildman–Crippen MR) is 60.6 cm³/mol. The van der Waals surface area contributed by atoms with Crippen molar-refractivity contribution in [3.63, 3.8) is 0 Å². The molecule has 0 atom stereocenters. The smallest absolute Gasteiger partial charge is 0.489 e. The number of hydrogen-bond donors (Lipinski definition) is 4. The van der Waals surface area contributed by atoms with Crippen LogP contribution in [0.4, 0.5) is 0 Å². The molecule has 0 aliphatic heterocycles. The molecule has 0 bridgehead atoms. The average Bonchev–Trinajstić information content (AvgIpc) is 2.46. The minimum Gasteiger partial charge on any atom is -0.499 e. The molecule has 2 aromatic rings. The average molecular weight is 226 g/mol. The van der Waals surface area contributed by atoms with Crippen LogP contribution < -0.4 is 5.46 Å². The Balaban J connectivity index is 2.74. The summed E-state index contributed by atoms with van der Waals surface area (Å²) in [5.41, 5.74) is 0.350. The molecule has 3 nitrogen and oxygen atoms in total. The molecule has 1 heterocycles. The van der Waals surface area contributed by atoms with E-state index in [4.69, 9.17) is 10.0 Å². The molecule has 0 amide bonds. The summed E-state index contributed by atoms with van der Waals surface area (Å²) in [7, 11) is -1.53. The fourth-order valence-corrected chi connectivity index (χ4v) is 2.61. The van der Waals surface area contributed by atoms with Crippen LogP contribution in [0.1, 0.15) is 0 Å². The maximum atomic E-state index is 9.27. The molecule has 1 aromatic heterocycles. The number of rotatable bonds is 1. The zero-order valence-corrected chi connectivity index (χ0v) is 8.72. The second-order valence-corrected chi connectivity index (χ2v) is 4.36. The van der Waals surface area contributed by atoms with Gasteiger partial charge in [0, 0.05) is 4.90 Å². The highest BCUT2D eigenvalue weighted by Crippen LogP contribution is 2.33. The van der Waals surface area contributed by atoms with E-state index in [2.05, 4.69) is 12.6 Å². The lowest BCUT2D eigenvalue weighted by atomic mass is 9.80. The van der Waals surface area contributed by atoms with Crippen LogP contribution in [0.5, 0.6) is 5.06 Å². The van der Waals surface area contributed by atoms with Gasteiger partial charge in [0.25, 0.3) is 0 Å². The molecule has 3 N–H and O–H groups in total. The molecule has 0 aliphatic rings. The quantitative estimate of drug-likeness (QED) is 0.425. The Morgan fingerprint density at radius 1 is 1.29 bits per heavy atom. The summed E-state index contributed by atoms with van der Waals surface area (Å²) < 4.78 is 0.761. The molecule has 0 unspecified atom stereocenters. The van der Waals surface area contributed by atoms with Crippen molar-refractivity contribution in [2.24, 2.45) is 0 Å². The lowest BCUT2D eigenvalue weighted by Crippen LogP contribution is -2.30. The van der Waals surface area contributed by atoms with Crippen molar-refractivity contribution >= 4 is 46.6 Å². The van der Waals surface area contributed by atoms with Crippen LogP contribution in [0.15, 0.2) is 23.1 Å². The highest BCUT2D eigenvalue weighted by atomic mass is 32.1. The molecule has 72 valence electrons. The van der Waals surface area contributed by atoms with E-state index in [1.165, 1.54) is 11.3 Å². The summed E-state index contributed by atoms with van der Waals surface area (Å²) in [6.07, 6.45) is 0. The highest BCUT2D eigenvalue weighted by molar-refractivity contribution is 7.81. The van der Waals surface area contributed by atoms with Gasteiger partial charge in [0.1, 0.15) is 0 Å². The van der Waals surface area contributed by atoms with E-state index in [1.807, 2.05) is 0 Å². The van der Waals surface area contributed by atoms with Crippen LogP contribution in [-0.4, -0.2) is 22.3 Å². The zero-order valence-electron chi connectivity index (χ0n) is 7.01. The Morgan fingerprint density at radius 3 is 2.64 bits per heavy atom. The normalized spacial score (nSPS) is 10.8. The van der Waals surface area contributed by atoms with E-state index in [0.717, 1.165) is 10.1 Å². The maximum Gasteiger partial charge on any atom is 0.489 e. The van der Waals surface area contributed by atoms with Crippen LogP contribution in [0.25, 0.3) is 10.1 Å². The van der Waals surface area contributed by atoms with Crippen LogP contribution in [0.2, 0.25) is 0 Å². The first-order valence-electron chi connectivity index (χ1n) is 3.90. The molecule has 6 heteroatoms. The summed E-state index contributed by atoms with van der Waals surface area (Å²) in [6.45, 7) is 0. The van der Waals surface area contributed by atoms with Crippen molar-refractivity contribution in [1.29, 1.82) is 0 Å². The third-order valence-corrected chi connectivity index (χ3v) is 3.56. The molecular formula is C8H7BO3S2. The van der Waals surface area contributed by atoms with Gasteiger partial charge >= 0.3 is 7.12 Å². The minimum atomic E-state index is -1.53. The van der Waals surface area contributed by atoms with Crippen LogP contribution in [0, 0.1) is 0 Å². The molecule has 1 aromatic carbocycles. The molecule has 0 aliphatic carbocycles. The molecule has 14 heavy (non-hydrogen) atoms. The zero-order chi connectivity index (χ0) is 10.3. The first kappa shape index (κ1) is 9.85. The van der Waals surface area contributed by atoms with E-state index in [1.54, 1.807) is 18.2 Å². The summed E-state index contributed by atoms with van der Waals surface area (Å²) in [5, 5.41) is 28.4. The Hall–Kier alpha value is -0.685. The number of thiol groups is 1. The second kappa shape index (κ2) is 3.47. The fraction of sp³-hybridized carbons (Fsp3) is 0. The monoisotopic (exact) mass is 226 g/mol. The van der Waals surface area contributed by atoms with Crippen molar-refractivity contribution in [3.05, 3.63) is 18.2 Å². The van der Waals surface area contributed by atoms with Crippen molar-refractivity contribution in [1.82, 2.24) is 0 Å². The van der Waals surface area contributed by atoms with Gasteiger partial charge in [-0.05, 0) is 16.9 Å². The van der Waals surface area contributed by atoms with E-state index in [9.17, 15) is 5.11 Å².